The Balaban J connectivity index is 1.23. The molecule has 2 heterocycles. The summed E-state index contributed by atoms with van der Waals surface area (Å²) in [6.07, 6.45) is 5.93. The Morgan fingerprint density at radius 1 is 1.16 bits per heavy atom. The average molecular weight is 435 g/mol. The van der Waals surface area contributed by atoms with Crippen LogP contribution in [-0.2, 0) is 22.4 Å². The molecule has 6 heteroatoms. The quantitative estimate of drug-likeness (QED) is 0.753. The van der Waals surface area contributed by atoms with E-state index in [-0.39, 0.29) is 29.9 Å². The van der Waals surface area contributed by atoms with Gasteiger partial charge in [0, 0.05) is 35.8 Å². The lowest BCUT2D eigenvalue weighted by atomic mass is 10.0. The molecule has 0 spiro atoms. The Kier molecular flexibility index (Phi) is 5.31. The van der Waals surface area contributed by atoms with Gasteiger partial charge in [0.25, 0.3) is 5.91 Å². The van der Waals surface area contributed by atoms with Gasteiger partial charge in [0.2, 0.25) is 5.91 Å². The molecule has 2 aliphatic heterocycles. The fourth-order valence-corrected chi connectivity index (χ4v) is 5.12. The van der Waals surface area contributed by atoms with Crippen LogP contribution < -0.4 is 19.7 Å². The van der Waals surface area contributed by atoms with E-state index in [1.54, 1.807) is 0 Å². The predicted octanol–water partition coefficient (Wildman–Crippen LogP) is 4.50. The van der Waals surface area contributed by atoms with Crippen molar-refractivity contribution in [3.8, 4) is 11.5 Å². The van der Waals surface area contributed by atoms with Gasteiger partial charge in [-0.05, 0) is 56.9 Å². The van der Waals surface area contributed by atoms with Crippen molar-refractivity contribution in [2.75, 3.05) is 23.4 Å². The number of anilines is 2. The smallest absolute Gasteiger partial charge is 0.262 e. The first-order valence-electron chi connectivity index (χ1n) is 11.6. The van der Waals surface area contributed by atoms with Gasteiger partial charge in [0.1, 0.15) is 5.60 Å². The number of nitrogens with one attached hydrogen (secondary N) is 1. The zero-order valence-electron chi connectivity index (χ0n) is 18.8. The van der Waals surface area contributed by atoms with Crippen molar-refractivity contribution in [1.29, 1.82) is 0 Å². The van der Waals surface area contributed by atoms with Crippen LogP contribution in [-0.4, -0.2) is 30.6 Å². The Morgan fingerprint density at radius 2 is 1.97 bits per heavy atom. The number of carbonyl (C=O) groups is 2. The van der Waals surface area contributed by atoms with Crippen LogP contribution in [0.1, 0.15) is 50.7 Å². The highest BCUT2D eigenvalue weighted by molar-refractivity contribution is 5.99. The van der Waals surface area contributed by atoms with Crippen molar-refractivity contribution >= 4 is 23.2 Å². The minimum atomic E-state index is -0.268. The molecule has 0 radical (unpaired) electrons. The summed E-state index contributed by atoms with van der Waals surface area (Å²) in [7, 11) is 0. The van der Waals surface area contributed by atoms with E-state index in [9.17, 15) is 9.59 Å². The number of para-hydroxylation sites is 1. The second-order valence-corrected chi connectivity index (χ2v) is 9.68. The standard InChI is InChI=1S/C26H30N2O4/c1-26(2)15-19-8-5-9-22(24(19)32-26)31-16-23(29)27-20-11-10-17-12-13-28(21(17)14-20)25(30)18-6-3-4-7-18/h5,8-11,14,18H,3-4,6-7,12-13,15-16H2,1-2H3,(H,27,29). The lowest BCUT2D eigenvalue weighted by molar-refractivity contribution is -0.122. The first-order chi connectivity index (χ1) is 15.4. The van der Waals surface area contributed by atoms with Gasteiger partial charge in [-0.2, -0.15) is 0 Å². The molecule has 0 unspecified atom stereocenters. The average Bonchev–Trinajstić information content (AvgIpc) is 3.49. The molecule has 0 aromatic heterocycles. The highest BCUT2D eigenvalue weighted by atomic mass is 16.5. The van der Waals surface area contributed by atoms with Crippen molar-refractivity contribution in [3.63, 3.8) is 0 Å². The molecule has 1 N–H and O–H groups in total. The van der Waals surface area contributed by atoms with E-state index in [1.807, 2.05) is 55.1 Å². The van der Waals surface area contributed by atoms with E-state index in [1.165, 1.54) is 0 Å². The van der Waals surface area contributed by atoms with Gasteiger partial charge >= 0.3 is 0 Å². The van der Waals surface area contributed by atoms with E-state index in [4.69, 9.17) is 9.47 Å². The topological polar surface area (TPSA) is 67.9 Å². The minimum absolute atomic E-state index is 0.109. The number of benzene rings is 2. The van der Waals surface area contributed by atoms with Crippen molar-refractivity contribution in [2.45, 2.75) is 58.0 Å². The number of hydrogen-bond acceptors (Lipinski definition) is 4. The van der Waals surface area contributed by atoms with Crippen molar-refractivity contribution in [1.82, 2.24) is 0 Å². The van der Waals surface area contributed by atoms with Crippen LogP contribution in [0.2, 0.25) is 0 Å². The summed E-state index contributed by atoms with van der Waals surface area (Å²) in [5, 5.41) is 2.91. The lowest BCUT2D eigenvalue weighted by Crippen LogP contribution is -2.33. The molecule has 1 fully saturated rings. The highest BCUT2D eigenvalue weighted by Crippen LogP contribution is 2.41. The van der Waals surface area contributed by atoms with Gasteiger partial charge < -0.3 is 19.7 Å². The Morgan fingerprint density at radius 3 is 2.78 bits per heavy atom. The van der Waals surface area contributed by atoms with Crippen molar-refractivity contribution < 1.29 is 19.1 Å². The SMILES string of the molecule is CC1(C)Cc2cccc(OCC(=O)Nc3ccc4c(c3)N(C(=O)C3CCCC3)CC4)c2O1. The fraction of sp³-hybridized carbons (Fsp3) is 0.462. The second kappa shape index (κ2) is 8.15. The molecule has 0 atom stereocenters. The first-order valence-corrected chi connectivity index (χ1v) is 11.6. The second-order valence-electron chi connectivity index (χ2n) is 9.68. The van der Waals surface area contributed by atoms with E-state index in [0.29, 0.717) is 11.4 Å². The molecule has 2 aromatic carbocycles. The summed E-state index contributed by atoms with van der Waals surface area (Å²) >= 11 is 0. The zero-order valence-corrected chi connectivity index (χ0v) is 18.8. The van der Waals surface area contributed by atoms with E-state index in [0.717, 1.165) is 67.6 Å². The Bertz CT molecular complexity index is 1060. The number of rotatable bonds is 5. The molecule has 5 rings (SSSR count). The number of fused-ring (bicyclic) bond motifs is 2. The molecular formula is C26H30N2O4. The molecule has 32 heavy (non-hydrogen) atoms. The number of ether oxygens (including phenoxy) is 2. The largest absolute Gasteiger partial charge is 0.483 e. The number of hydrogen-bond donors (Lipinski definition) is 1. The van der Waals surface area contributed by atoms with Crippen LogP contribution in [0.25, 0.3) is 0 Å². The highest BCUT2D eigenvalue weighted by Gasteiger charge is 2.33. The molecule has 0 saturated heterocycles. The molecule has 168 valence electrons. The van der Waals surface area contributed by atoms with Gasteiger partial charge in [-0.25, -0.2) is 0 Å². The van der Waals surface area contributed by atoms with Crippen LogP contribution in [0.5, 0.6) is 11.5 Å². The Labute approximate surface area is 188 Å². The monoisotopic (exact) mass is 434 g/mol. The third-order valence-corrected chi connectivity index (χ3v) is 6.65. The van der Waals surface area contributed by atoms with Crippen LogP contribution in [0, 0.1) is 5.92 Å². The van der Waals surface area contributed by atoms with Crippen molar-refractivity contribution in [3.05, 3.63) is 47.5 Å². The fourth-order valence-electron chi connectivity index (χ4n) is 5.12. The van der Waals surface area contributed by atoms with Crippen molar-refractivity contribution in [2.24, 2.45) is 5.92 Å². The molecule has 2 aromatic rings. The maximum Gasteiger partial charge on any atom is 0.262 e. The van der Waals surface area contributed by atoms with Gasteiger partial charge in [-0.15, -0.1) is 0 Å². The van der Waals surface area contributed by atoms with Gasteiger partial charge in [0.05, 0.1) is 0 Å². The number of carbonyl (C=O) groups excluding carboxylic acids is 2. The van der Waals surface area contributed by atoms with Gasteiger partial charge in [0.15, 0.2) is 18.1 Å². The van der Waals surface area contributed by atoms with Crippen LogP contribution in [0.15, 0.2) is 36.4 Å². The molecule has 6 nitrogen and oxygen atoms in total. The zero-order chi connectivity index (χ0) is 22.3. The van der Waals surface area contributed by atoms with Crippen LogP contribution in [0.4, 0.5) is 11.4 Å². The summed E-state index contributed by atoms with van der Waals surface area (Å²) in [4.78, 5) is 27.4. The summed E-state index contributed by atoms with van der Waals surface area (Å²) < 4.78 is 11.8. The summed E-state index contributed by atoms with van der Waals surface area (Å²) in [6.45, 7) is 4.69. The minimum Gasteiger partial charge on any atom is -0.483 e. The van der Waals surface area contributed by atoms with E-state index in [2.05, 4.69) is 5.32 Å². The van der Waals surface area contributed by atoms with Gasteiger partial charge in [-0.1, -0.05) is 31.0 Å². The summed E-state index contributed by atoms with van der Waals surface area (Å²) in [5.74, 6) is 1.45. The summed E-state index contributed by atoms with van der Waals surface area (Å²) in [5.41, 5.74) is 3.59. The van der Waals surface area contributed by atoms with Gasteiger partial charge in [-0.3, -0.25) is 9.59 Å². The molecule has 3 aliphatic rings. The Hall–Kier alpha value is -3.02. The summed E-state index contributed by atoms with van der Waals surface area (Å²) in [6, 6.07) is 11.6. The van der Waals surface area contributed by atoms with Crippen LogP contribution in [0.3, 0.4) is 0 Å². The lowest BCUT2D eigenvalue weighted by Gasteiger charge is -2.21. The molecule has 1 saturated carbocycles. The normalized spacial score (nSPS) is 18.8. The molecule has 0 bridgehead atoms. The first kappa shape index (κ1) is 20.9. The van der Waals surface area contributed by atoms with E-state index >= 15 is 0 Å². The number of nitrogens with zero attached hydrogens (tertiary/aromatic N) is 1. The predicted molar refractivity (Wildman–Crippen MR) is 123 cm³/mol. The van der Waals surface area contributed by atoms with Crippen LogP contribution >= 0.6 is 0 Å². The maximum atomic E-state index is 12.9. The maximum absolute atomic E-state index is 12.9. The molecule has 2 amide bonds. The van der Waals surface area contributed by atoms with E-state index < -0.39 is 0 Å². The third kappa shape index (κ3) is 4.06. The third-order valence-electron chi connectivity index (χ3n) is 6.65. The molecule has 1 aliphatic carbocycles. The molecular weight excluding hydrogens is 404 g/mol. The number of amides is 2.